The molecule has 0 aliphatic carbocycles. The quantitative estimate of drug-likeness (QED) is 0.555. The highest BCUT2D eigenvalue weighted by molar-refractivity contribution is 9.10. The average molecular weight is 436 g/mol. The first-order valence-electron chi connectivity index (χ1n) is 6.60. The SMILES string of the molecule is O=[N+]([O-])c1cc(S(=O)(=O)N(CCO)c2ccc(Br)cc2)ccc1Cl. The van der Waals surface area contributed by atoms with E-state index in [-0.39, 0.29) is 16.5 Å². The summed E-state index contributed by atoms with van der Waals surface area (Å²) in [5.41, 5.74) is -0.178. The van der Waals surface area contributed by atoms with Crippen molar-refractivity contribution in [2.75, 3.05) is 17.5 Å². The van der Waals surface area contributed by atoms with E-state index < -0.39 is 27.2 Å². The number of hydrogen-bond acceptors (Lipinski definition) is 5. The molecule has 0 atom stereocenters. The Hall–Kier alpha value is -1.68. The van der Waals surface area contributed by atoms with Crippen molar-refractivity contribution >= 4 is 48.9 Å². The number of nitrogens with zero attached hydrogens (tertiary/aromatic N) is 2. The van der Waals surface area contributed by atoms with Gasteiger partial charge in [0.2, 0.25) is 0 Å². The summed E-state index contributed by atoms with van der Waals surface area (Å²) < 4.78 is 27.4. The van der Waals surface area contributed by atoms with Gasteiger partial charge in [-0.05, 0) is 36.4 Å². The monoisotopic (exact) mass is 434 g/mol. The highest BCUT2D eigenvalue weighted by Crippen LogP contribution is 2.30. The van der Waals surface area contributed by atoms with Crippen molar-refractivity contribution in [3.63, 3.8) is 0 Å². The van der Waals surface area contributed by atoms with E-state index in [1.165, 1.54) is 6.07 Å². The van der Waals surface area contributed by atoms with E-state index in [9.17, 15) is 23.6 Å². The van der Waals surface area contributed by atoms with Gasteiger partial charge in [0, 0.05) is 10.5 Å². The Labute approximate surface area is 151 Å². The standard InChI is InChI=1S/C14H12BrClN2O5S/c15-10-1-3-11(4-2-10)17(7-8-19)24(22,23)12-5-6-13(16)14(9-12)18(20)21/h1-6,9,19H,7-8H2. The molecule has 7 nitrogen and oxygen atoms in total. The lowest BCUT2D eigenvalue weighted by Crippen LogP contribution is -2.33. The molecule has 0 unspecified atom stereocenters. The molecule has 1 N–H and O–H groups in total. The molecule has 10 heteroatoms. The van der Waals surface area contributed by atoms with E-state index in [0.717, 1.165) is 20.9 Å². The molecule has 2 aromatic carbocycles. The Morgan fingerprint density at radius 3 is 2.38 bits per heavy atom. The second kappa shape index (κ2) is 7.47. The Morgan fingerprint density at radius 2 is 1.83 bits per heavy atom. The molecule has 0 saturated carbocycles. The molecular weight excluding hydrogens is 424 g/mol. The average Bonchev–Trinajstić information content (AvgIpc) is 2.53. The maximum Gasteiger partial charge on any atom is 0.289 e. The lowest BCUT2D eigenvalue weighted by molar-refractivity contribution is -0.384. The van der Waals surface area contributed by atoms with Crippen LogP contribution in [0.2, 0.25) is 5.02 Å². The van der Waals surface area contributed by atoms with Crippen LogP contribution in [-0.4, -0.2) is 31.6 Å². The summed E-state index contributed by atoms with van der Waals surface area (Å²) in [7, 11) is -4.11. The molecule has 0 fully saturated rings. The summed E-state index contributed by atoms with van der Waals surface area (Å²) in [4.78, 5) is 9.94. The number of aliphatic hydroxyl groups is 1. The summed E-state index contributed by atoms with van der Waals surface area (Å²) in [6, 6.07) is 9.67. The minimum absolute atomic E-state index is 0.156. The molecule has 24 heavy (non-hydrogen) atoms. The van der Waals surface area contributed by atoms with Crippen LogP contribution in [0.5, 0.6) is 0 Å². The zero-order chi connectivity index (χ0) is 17.9. The maximum atomic E-state index is 12.8. The number of rotatable bonds is 6. The van der Waals surface area contributed by atoms with Crippen LogP contribution in [0.4, 0.5) is 11.4 Å². The molecule has 2 rings (SSSR count). The van der Waals surface area contributed by atoms with E-state index in [4.69, 9.17) is 11.6 Å². The van der Waals surface area contributed by atoms with Crippen LogP contribution < -0.4 is 4.31 Å². The number of anilines is 1. The number of sulfonamides is 1. The summed E-state index contributed by atoms with van der Waals surface area (Å²) >= 11 is 8.98. The van der Waals surface area contributed by atoms with Crippen molar-refractivity contribution in [1.29, 1.82) is 0 Å². The van der Waals surface area contributed by atoms with Gasteiger partial charge in [0.25, 0.3) is 15.7 Å². The summed E-state index contributed by atoms with van der Waals surface area (Å²) in [5, 5.41) is 20.0. The Morgan fingerprint density at radius 1 is 1.21 bits per heavy atom. The van der Waals surface area contributed by atoms with Gasteiger partial charge in [-0.2, -0.15) is 0 Å². The minimum Gasteiger partial charge on any atom is -0.394 e. The first-order chi connectivity index (χ1) is 11.3. The Bertz CT molecular complexity index is 858. The van der Waals surface area contributed by atoms with Crippen molar-refractivity contribution < 1.29 is 18.4 Å². The number of aliphatic hydroxyl groups excluding tert-OH is 1. The molecule has 0 aliphatic rings. The normalized spacial score (nSPS) is 11.3. The minimum atomic E-state index is -4.11. The van der Waals surface area contributed by atoms with Crippen LogP contribution in [0.25, 0.3) is 0 Å². The van der Waals surface area contributed by atoms with Crippen LogP contribution in [0, 0.1) is 10.1 Å². The molecule has 0 amide bonds. The van der Waals surface area contributed by atoms with Crippen LogP contribution >= 0.6 is 27.5 Å². The number of nitro benzene ring substituents is 1. The first-order valence-corrected chi connectivity index (χ1v) is 9.21. The van der Waals surface area contributed by atoms with Crippen molar-refractivity contribution in [2.24, 2.45) is 0 Å². The molecule has 0 bridgehead atoms. The van der Waals surface area contributed by atoms with E-state index in [1.807, 2.05) is 0 Å². The zero-order valence-corrected chi connectivity index (χ0v) is 15.3. The van der Waals surface area contributed by atoms with E-state index >= 15 is 0 Å². The number of hydrogen-bond donors (Lipinski definition) is 1. The van der Waals surface area contributed by atoms with Gasteiger partial charge in [-0.25, -0.2) is 8.42 Å². The van der Waals surface area contributed by atoms with Crippen LogP contribution in [-0.2, 0) is 10.0 Å². The third-order valence-electron chi connectivity index (χ3n) is 3.12. The molecule has 0 spiro atoms. The lowest BCUT2D eigenvalue weighted by Gasteiger charge is -2.23. The second-order valence-electron chi connectivity index (χ2n) is 4.65. The number of nitro groups is 1. The lowest BCUT2D eigenvalue weighted by atomic mass is 10.3. The van der Waals surface area contributed by atoms with Gasteiger partial charge in [-0.15, -0.1) is 0 Å². The van der Waals surface area contributed by atoms with E-state index in [0.29, 0.717) is 5.69 Å². The third-order valence-corrected chi connectivity index (χ3v) is 5.79. The van der Waals surface area contributed by atoms with Gasteiger partial charge < -0.3 is 5.11 Å². The van der Waals surface area contributed by atoms with Crippen LogP contribution in [0.3, 0.4) is 0 Å². The van der Waals surface area contributed by atoms with Gasteiger partial charge >= 0.3 is 0 Å². The highest BCUT2D eigenvalue weighted by Gasteiger charge is 2.27. The fourth-order valence-electron chi connectivity index (χ4n) is 2.01. The van der Waals surface area contributed by atoms with Gasteiger partial charge in [0.1, 0.15) is 5.02 Å². The molecule has 2 aromatic rings. The molecule has 128 valence electrons. The molecule has 0 aliphatic heterocycles. The van der Waals surface area contributed by atoms with Gasteiger partial charge in [0.05, 0.1) is 28.7 Å². The zero-order valence-electron chi connectivity index (χ0n) is 12.1. The predicted molar refractivity (Wildman–Crippen MR) is 93.9 cm³/mol. The molecule has 0 aromatic heterocycles. The van der Waals surface area contributed by atoms with E-state index in [1.54, 1.807) is 24.3 Å². The fraction of sp³-hybridized carbons (Fsp3) is 0.143. The number of benzene rings is 2. The van der Waals surface area contributed by atoms with Crippen molar-refractivity contribution in [3.05, 3.63) is 62.1 Å². The van der Waals surface area contributed by atoms with Gasteiger partial charge in [-0.3, -0.25) is 14.4 Å². The van der Waals surface area contributed by atoms with Crippen molar-refractivity contribution in [3.8, 4) is 0 Å². The number of halogens is 2. The fourth-order valence-corrected chi connectivity index (χ4v) is 3.93. The first kappa shape index (κ1) is 18.7. The third kappa shape index (κ3) is 3.86. The highest BCUT2D eigenvalue weighted by atomic mass is 79.9. The smallest absolute Gasteiger partial charge is 0.289 e. The van der Waals surface area contributed by atoms with Gasteiger partial charge in [-0.1, -0.05) is 27.5 Å². The topological polar surface area (TPSA) is 101 Å². The van der Waals surface area contributed by atoms with Crippen LogP contribution in [0.1, 0.15) is 0 Å². The second-order valence-corrected chi connectivity index (χ2v) is 7.83. The van der Waals surface area contributed by atoms with Crippen molar-refractivity contribution in [2.45, 2.75) is 4.90 Å². The summed E-state index contributed by atoms with van der Waals surface area (Å²) in [5.74, 6) is 0. The molecule has 0 saturated heterocycles. The van der Waals surface area contributed by atoms with Crippen molar-refractivity contribution in [1.82, 2.24) is 0 Å². The summed E-state index contributed by atoms with van der Waals surface area (Å²) in [6.45, 7) is -0.606. The van der Waals surface area contributed by atoms with E-state index in [2.05, 4.69) is 15.9 Å². The van der Waals surface area contributed by atoms with Crippen LogP contribution in [0.15, 0.2) is 51.8 Å². The predicted octanol–water partition coefficient (Wildman–Crippen LogP) is 3.20. The Kier molecular flexibility index (Phi) is 5.81. The Balaban J connectivity index is 2.54. The molecule has 0 heterocycles. The maximum absolute atomic E-state index is 12.8. The molecular formula is C14H12BrClN2O5S. The largest absolute Gasteiger partial charge is 0.394 e. The summed E-state index contributed by atoms with van der Waals surface area (Å²) in [6.07, 6.45) is 0. The van der Waals surface area contributed by atoms with Gasteiger partial charge in [0.15, 0.2) is 0 Å². The molecule has 0 radical (unpaired) electrons.